The van der Waals surface area contributed by atoms with Crippen LogP contribution in [0.4, 0.5) is 0 Å². The van der Waals surface area contributed by atoms with E-state index in [1.807, 2.05) is 12.1 Å². The second-order valence-corrected chi connectivity index (χ2v) is 6.15. The largest absolute Gasteiger partial charge is 0.248 e. The molecule has 1 heterocycles. The van der Waals surface area contributed by atoms with Gasteiger partial charge < -0.3 is 0 Å². The molecule has 4 aromatic carbocycles. The fraction of sp³-hybridized carbons (Fsp3) is 0. The molecule has 1 nitrogen and oxygen atoms in total. The molecule has 0 aliphatic rings. The minimum Gasteiger partial charge on any atom is -0.248 e. The Hall–Kier alpha value is -3.19. The van der Waals surface area contributed by atoms with Crippen LogP contribution in [0.25, 0.3) is 43.7 Å². The van der Waals surface area contributed by atoms with Gasteiger partial charge in [-0.3, -0.25) is 0 Å². The molecule has 5 aromatic rings. The van der Waals surface area contributed by atoms with Crippen LogP contribution in [0.2, 0.25) is 0 Å². The van der Waals surface area contributed by atoms with Crippen LogP contribution in [-0.4, -0.2) is 4.98 Å². The van der Waals surface area contributed by atoms with Crippen molar-refractivity contribution in [2.45, 2.75) is 0 Å². The number of rotatable bonds is 1. The number of pyridine rings is 1. The van der Waals surface area contributed by atoms with Crippen molar-refractivity contribution < 1.29 is 0 Å². The number of para-hydroxylation sites is 1. The highest BCUT2D eigenvalue weighted by Gasteiger charge is 2.04. The molecule has 0 N–H and O–H groups in total. The van der Waals surface area contributed by atoms with Gasteiger partial charge in [0, 0.05) is 10.9 Å². The predicted molar refractivity (Wildman–Crippen MR) is 102 cm³/mol. The van der Waals surface area contributed by atoms with Gasteiger partial charge in [0.25, 0.3) is 0 Å². The Bertz CT molecular complexity index is 1200. The molecule has 0 radical (unpaired) electrons. The molecule has 1 aromatic heterocycles. The van der Waals surface area contributed by atoms with Gasteiger partial charge in [0.2, 0.25) is 0 Å². The van der Waals surface area contributed by atoms with E-state index in [4.69, 9.17) is 4.98 Å². The molecule has 112 valence electrons. The standard InChI is InChI=1S/C23H15N/c1-2-7-18-14-21-15-20(10-9-19(21)13-17(18)6-1)23-12-11-16-5-3-4-8-22(16)24-23/h1-15H. The monoisotopic (exact) mass is 305 g/mol. The number of aromatic nitrogens is 1. The molecule has 0 atom stereocenters. The third kappa shape index (κ3) is 2.14. The van der Waals surface area contributed by atoms with Gasteiger partial charge in [0.1, 0.15) is 0 Å². The summed E-state index contributed by atoms with van der Waals surface area (Å²) in [7, 11) is 0. The molecule has 0 spiro atoms. The zero-order valence-corrected chi connectivity index (χ0v) is 13.1. The van der Waals surface area contributed by atoms with Gasteiger partial charge in [0.15, 0.2) is 0 Å². The summed E-state index contributed by atoms with van der Waals surface area (Å²) in [5, 5.41) is 6.24. The third-order valence-corrected chi connectivity index (χ3v) is 4.60. The summed E-state index contributed by atoms with van der Waals surface area (Å²) in [6.45, 7) is 0. The number of fused-ring (bicyclic) bond motifs is 3. The average Bonchev–Trinajstić information content (AvgIpc) is 2.65. The molecule has 5 rings (SSSR count). The molecule has 0 saturated carbocycles. The lowest BCUT2D eigenvalue weighted by molar-refractivity contribution is 1.40. The Kier molecular flexibility index (Phi) is 2.86. The van der Waals surface area contributed by atoms with Gasteiger partial charge in [-0.1, -0.05) is 60.7 Å². The molecule has 0 aliphatic heterocycles. The molecule has 0 aliphatic carbocycles. The molecule has 0 bridgehead atoms. The lowest BCUT2D eigenvalue weighted by atomic mass is 10.0. The molecule has 0 saturated heterocycles. The summed E-state index contributed by atoms with van der Waals surface area (Å²) in [5.41, 5.74) is 3.21. The lowest BCUT2D eigenvalue weighted by Gasteiger charge is -2.07. The van der Waals surface area contributed by atoms with Crippen molar-refractivity contribution in [1.82, 2.24) is 4.98 Å². The summed E-state index contributed by atoms with van der Waals surface area (Å²) in [4.78, 5) is 4.81. The highest BCUT2D eigenvalue weighted by Crippen LogP contribution is 2.28. The molecule has 0 fully saturated rings. The van der Waals surface area contributed by atoms with E-state index in [2.05, 4.69) is 78.9 Å². The van der Waals surface area contributed by atoms with Crippen LogP contribution in [0.15, 0.2) is 91.0 Å². The first kappa shape index (κ1) is 13.3. The van der Waals surface area contributed by atoms with Gasteiger partial charge in [0.05, 0.1) is 11.2 Å². The summed E-state index contributed by atoms with van der Waals surface area (Å²) < 4.78 is 0. The summed E-state index contributed by atoms with van der Waals surface area (Å²) in [6.07, 6.45) is 0. The first-order chi connectivity index (χ1) is 11.9. The van der Waals surface area contributed by atoms with Gasteiger partial charge in [-0.25, -0.2) is 4.98 Å². The van der Waals surface area contributed by atoms with Crippen LogP contribution < -0.4 is 0 Å². The van der Waals surface area contributed by atoms with Gasteiger partial charge in [-0.15, -0.1) is 0 Å². The number of hydrogen-bond donors (Lipinski definition) is 0. The minimum absolute atomic E-state index is 1.02. The van der Waals surface area contributed by atoms with Crippen molar-refractivity contribution in [1.29, 1.82) is 0 Å². The van der Waals surface area contributed by atoms with Crippen LogP contribution in [0.1, 0.15) is 0 Å². The molecule has 0 amide bonds. The smallest absolute Gasteiger partial charge is 0.0709 e. The van der Waals surface area contributed by atoms with Crippen molar-refractivity contribution in [3.05, 3.63) is 91.0 Å². The second-order valence-electron chi connectivity index (χ2n) is 6.15. The first-order valence-corrected chi connectivity index (χ1v) is 8.16. The summed E-state index contributed by atoms with van der Waals surface area (Å²) in [6, 6.07) is 32.1. The molecule has 1 heteroatoms. The Balaban J connectivity index is 1.71. The Morgan fingerprint density at radius 3 is 1.92 bits per heavy atom. The zero-order valence-electron chi connectivity index (χ0n) is 13.1. The molecule has 0 unspecified atom stereocenters. The first-order valence-electron chi connectivity index (χ1n) is 8.16. The average molecular weight is 305 g/mol. The Morgan fingerprint density at radius 1 is 0.458 bits per heavy atom. The maximum absolute atomic E-state index is 4.81. The fourth-order valence-electron chi connectivity index (χ4n) is 3.33. The van der Waals surface area contributed by atoms with E-state index < -0.39 is 0 Å². The van der Waals surface area contributed by atoms with Crippen LogP contribution in [0.5, 0.6) is 0 Å². The molecular formula is C23H15N. The van der Waals surface area contributed by atoms with Crippen molar-refractivity contribution >= 4 is 32.4 Å². The predicted octanol–water partition coefficient (Wildman–Crippen LogP) is 6.21. The Morgan fingerprint density at radius 2 is 1.08 bits per heavy atom. The van der Waals surface area contributed by atoms with Crippen molar-refractivity contribution in [2.24, 2.45) is 0 Å². The van der Waals surface area contributed by atoms with Crippen molar-refractivity contribution in [2.75, 3.05) is 0 Å². The zero-order chi connectivity index (χ0) is 15.9. The van der Waals surface area contributed by atoms with Crippen LogP contribution >= 0.6 is 0 Å². The van der Waals surface area contributed by atoms with E-state index in [-0.39, 0.29) is 0 Å². The van der Waals surface area contributed by atoms with E-state index in [0.717, 1.165) is 16.8 Å². The summed E-state index contributed by atoms with van der Waals surface area (Å²) >= 11 is 0. The quantitative estimate of drug-likeness (QED) is 0.336. The topological polar surface area (TPSA) is 12.9 Å². The molecular weight excluding hydrogens is 290 g/mol. The fourth-order valence-corrected chi connectivity index (χ4v) is 3.33. The highest BCUT2D eigenvalue weighted by atomic mass is 14.7. The van der Waals surface area contributed by atoms with E-state index in [9.17, 15) is 0 Å². The van der Waals surface area contributed by atoms with Crippen LogP contribution in [0, 0.1) is 0 Å². The molecule has 24 heavy (non-hydrogen) atoms. The van der Waals surface area contributed by atoms with Gasteiger partial charge >= 0.3 is 0 Å². The maximum atomic E-state index is 4.81. The van der Waals surface area contributed by atoms with Crippen molar-refractivity contribution in [3.63, 3.8) is 0 Å². The SMILES string of the molecule is c1ccc2cc3cc(-c4ccc5ccccc5n4)ccc3cc2c1. The minimum atomic E-state index is 1.02. The lowest BCUT2D eigenvalue weighted by Crippen LogP contribution is -1.85. The third-order valence-electron chi connectivity index (χ3n) is 4.60. The van der Waals surface area contributed by atoms with Gasteiger partial charge in [-0.05, 0) is 51.9 Å². The second kappa shape index (κ2) is 5.17. The van der Waals surface area contributed by atoms with E-state index >= 15 is 0 Å². The van der Waals surface area contributed by atoms with Crippen LogP contribution in [0.3, 0.4) is 0 Å². The van der Waals surface area contributed by atoms with Gasteiger partial charge in [-0.2, -0.15) is 0 Å². The van der Waals surface area contributed by atoms with E-state index in [1.54, 1.807) is 0 Å². The normalized spacial score (nSPS) is 11.3. The van der Waals surface area contributed by atoms with Crippen molar-refractivity contribution in [3.8, 4) is 11.3 Å². The number of hydrogen-bond acceptors (Lipinski definition) is 1. The Labute approximate surface area is 140 Å². The summed E-state index contributed by atoms with van der Waals surface area (Å²) in [5.74, 6) is 0. The van der Waals surface area contributed by atoms with Crippen LogP contribution in [-0.2, 0) is 0 Å². The van der Waals surface area contributed by atoms with E-state index in [1.165, 1.54) is 26.9 Å². The highest BCUT2D eigenvalue weighted by molar-refractivity contribution is 5.99. The van der Waals surface area contributed by atoms with E-state index in [0.29, 0.717) is 0 Å². The number of benzene rings is 4. The number of nitrogens with zero attached hydrogens (tertiary/aromatic N) is 1. The maximum Gasteiger partial charge on any atom is 0.0709 e.